The standard InChI is InChI=1S/C21H26N4O2/c1-14-5-7-17-15(13-24-18(17)11-14)9-10-23-21(22-2)25-16-6-8-19(26-3)20(12-16)27-4/h5-8,11-13,24H,9-10H2,1-4H3,(H2,22,23,25). The maximum atomic E-state index is 5.34. The Bertz CT molecular complexity index is 947. The number of aromatic nitrogens is 1. The molecule has 0 aliphatic heterocycles. The normalized spacial score (nSPS) is 11.5. The Labute approximate surface area is 159 Å². The van der Waals surface area contributed by atoms with E-state index in [4.69, 9.17) is 9.47 Å². The van der Waals surface area contributed by atoms with E-state index < -0.39 is 0 Å². The first kappa shape index (κ1) is 18.6. The average Bonchev–Trinajstić information content (AvgIpc) is 3.08. The Kier molecular flexibility index (Phi) is 5.86. The highest BCUT2D eigenvalue weighted by Crippen LogP contribution is 2.29. The van der Waals surface area contributed by atoms with E-state index in [1.165, 1.54) is 22.0 Å². The fourth-order valence-corrected chi connectivity index (χ4v) is 3.05. The molecular weight excluding hydrogens is 340 g/mol. The van der Waals surface area contributed by atoms with Crippen LogP contribution in [0.4, 0.5) is 5.69 Å². The number of hydrogen-bond donors (Lipinski definition) is 3. The highest BCUT2D eigenvalue weighted by molar-refractivity contribution is 5.94. The van der Waals surface area contributed by atoms with Gasteiger partial charge in [-0.1, -0.05) is 12.1 Å². The van der Waals surface area contributed by atoms with Crippen molar-refractivity contribution >= 4 is 22.5 Å². The van der Waals surface area contributed by atoms with Gasteiger partial charge in [0, 0.05) is 42.4 Å². The van der Waals surface area contributed by atoms with Gasteiger partial charge in [-0.2, -0.15) is 0 Å². The number of guanidine groups is 1. The van der Waals surface area contributed by atoms with Crippen LogP contribution in [0, 0.1) is 6.92 Å². The number of aliphatic imine (C=N–C) groups is 1. The Balaban J connectivity index is 1.61. The maximum absolute atomic E-state index is 5.34. The molecule has 1 heterocycles. The zero-order valence-corrected chi connectivity index (χ0v) is 16.2. The zero-order chi connectivity index (χ0) is 19.2. The van der Waals surface area contributed by atoms with E-state index in [9.17, 15) is 0 Å². The molecule has 27 heavy (non-hydrogen) atoms. The van der Waals surface area contributed by atoms with Gasteiger partial charge in [0.05, 0.1) is 14.2 Å². The third kappa shape index (κ3) is 4.34. The lowest BCUT2D eigenvalue weighted by atomic mass is 10.1. The van der Waals surface area contributed by atoms with Crippen LogP contribution in [-0.2, 0) is 6.42 Å². The number of benzene rings is 2. The van der Waals surface area contributed by atoms with Gasteiger partial charge in [-0.15, -0.1) is 0 Å². The van der Waals surface area contributed by atoms with Crippen LogP contribution < -0.4 is 20.1 Å². The molecule has 3 N–H and O–H groups in total. The summed E-state index contributed by atoms with van der Waals surface area (Å²) in [6.07, 6.45) is 2.98. The van der Waals surface area contributed by atoms with E-state index in [0.717, 1.165) is 18.7 Å². The molecule has 2 aromatic carbocycles. The molecule has 0 saturated heterocycles. The second-order valence-electron chi connectivity index (χ2n) is 6.31. The fraction of sp³-hybridized carbons (Fsp3) is 0.286. The van der Waals surface area contributed by atoms with Gasteiger partial charge in [-0.25, -0.2) is 0 Å². The molecule has 0 aliphatic carbocycles. The number of ether oxygens (including phenoxy) is 2. The molecule has 6 heteroatoms. The second kappa shape index (κ2) is 8.49. The van der Waals surface area contributed by atoms with Crippen molar-refractivity contribution in [2.24, 2.45) is 4.99 Å². The van der Waals surface area contributed by atoms with Crippen LogP contribution in [0.25, 0.3) is 10.9 Å². The molecular formula is C21H26N4O2. The van der Waals surface area contributed by atoms with Crippen molar-refractivity contribution in [3.63, 3.8) is 0 Å². The molecule has 0 fully saturated rings. The number of aryl methyl sites for hydroxylation is 1. The monoisotopic (exact) mass is 366 g/mol. The summed E-state index contributed by atoms with van der Waals surface area (Å²) in [4.78, 5) is 7.63. The zero-order valence-electron chi connectivity index (χ0n) is 16.2. The van der Waals surface area contributed by atoms with Crippen LogP contribution in [0.1, 0.15) is 11.1 Å². The smallest absolute Gasteiger partial charge is 0.195 e. The van der Waals surface area contributed by atoms with Crippen molar-refractivity contribution in [1.82, 2.24) is 10.3 Å². The van der Waals surface area contributed by atoms with Crippen LogP contribution in [0.2, 0.25) is 0 Å². The lowest BCUT2D eigenvalue weighted by Crippen LogP contribution is -2.32. The molecule has 0 radical (unpaired) electrons. The van der Waals surface area contributed by atoms with E-state index >= 15 is 0 Å². The lowest BCUT2D eigenvalue weighted by molar-refractivity contribution is 0.355. The van der Waals surface area contributed by atoms with E-state index in [1.54, 1.807) is 21.3 Å². The summed E-state index contributed by atoms with van der Waals surface area (Å²) >= 11 is 0. The molecule has 0 unspecified atom stereocenters. The minimum absolute atomic E-state index is 0.673. The van der Waals surface area contributed by atoms with Gasteiger partial charge in [0.2, 0.25) is 0 Å². The topological polar surface area (TPSA) is 70.7 Å². The number of aromatic amines is 1. The SMILES string of the molecule is CN=C(NCCc1c[nH]c2cc(C)ccc12)Nc1ccc(OC)c(OC)c1. The van der Waals surface area contributed by atoms with Crippen molar-refractivity contribution in [3.8, 4) is 11.5 Å². The Morgan fingerprint density at radius 1 is 1.07 bits per heavy atom. The van der Waals surface area contributed by atoms with Crippen LogP contribution in [-0.4, -0.2) is 38.8 Å². The molecule has 0 atom stereocenters. The van der Waals surface area contributed by atoms with Crippen molar-refractivity contribution in [2.75, 3.05) is 33.1 Å². The van der Waals surface area contributed by atoms with Crippen LogP contribution >= 0.6 is 0 Å². The van der Waals surface area contributed by atoms with Crippen LogP contribution in [0.3, 0.4) is 0 Å². The first-order valence-corrected chi connectivity index (χ1v) is 8.91. The molecule has 0 bridgehead atoms. The van der Waals surface area contributed by atoms with Gasteiger partial charge >= 0.3 is 0 Å². The molecule has 0 amide bonds. The van der Waals surface area contributed by atoms with Gasteiger partial charge in [0.15, 0.2) is 17.5 Å². The summed E-state index contributed by atoms with van der Waals surface area (Å²) in [5, 5.41) is 7.89. The fourth-order valence-electron chi connectivity index (χ4n) is 3.05. The quantitative estimate of drug-likeness (QED) is 0.459. The van der Waals surface area contributed by atoms with E-state index in [1.807, 2.05) is 18.2 Å². The third-order valence-electron chi connectivity index (χ3n) is 4.48. The lowest BCUT2D eigenvalue weighted by Gasteiger charge is -2.14. The van der Waals surface area contributed by atoms with Gasteiger partial charge in [-0.3, -0.25) is 4.99 Å². The highest BCUT2D eigenvalue weighted by atomic mass is 16.5. The predicted octanol–water partition coefficient (Wildman–Crippen LogP) is 3.72. The maximum Gasteiger partial charge on any atom is 0.195 e. The highest BCUT2D eigenvalue weighted by Gasteiger charge is 2.07. The summed E-state index contributed by atoms with van der Waals surface area (Å²) in [5.74, 6) is 2.07. The second-order valence-corrected chi connectivity index (χ2v) is 6.31. The number of H-pyrrole nitrogens is 1. The van der Waals surface area contributed by atoms with Gasteiger partial charge in [0.25, 0.3) is 0 Å². The largest absolute Gasteiger partial charge is 0.493 e. The summed E-state index contributed by atoms with van der Waals surface area (Å²) in [5.41, 5.74) is 4.61. The van der Waals surface area contributed by atoms with Gasteiger partial charge in [0.1, 0.15) is 0 Å². The van der Waals surface area contributed by atoms with E-state index in [0.29, 0.717) is 17.5 Å². The van der Waals surface area contributed by atoms with Gasteiger partial charge in [-0.05, 0) is 42.7 Å². The minimum Gasteiger partial charge on any atom is -0.493 e. The Morgan fingerprint density at radius 2 is 1.89 bits per heavy atom. The van der Waals surface area contributed by atoms with Crippen molar-refractivity contribution in [2.45, 2.75) is 13.3 Å². The Morgan fingerprint density at radius 3 is 2.63 bits per heavy atom. The number of nitrogens with zero attached hydrogens (tertiary/aromatic N) is 1. The molecule has 142 valence electrons. The van der Waals surface area contributed by atoms with E-state index in [-0.39, 0.29) is 0 Å². The number of fused-ring (bicyclic) bond motifs is 1. The summed E-state index contributed by atoms with van der Waals surface area (Å²) in [7, 11) is 5.00. The number of methoxy groups -OCH3 is 2. The first-order valence-electron chi connectivity index (χ1n) is 8.91. The van der Waals surface area contributed by atoms with Crippen molar-refractivity contribution < 1.29 is 9.47 Å². The van der Waals surface area contributed by atoms with Crippen molar-refractivity contribution in [3.05, 3.63) is 53.7 Å². The Hall–Kier alpha value is -3.15. The minimum atomic E-state index is 0.673. The molecule has 0 aliphatic rings. The van der Waals surface area contributed by atoms with Crippen LogP contribution in [0.15, 0.2) is 47.6 Å². The predicted molar refractivity (Wildman–Crippen MR) is 111 cm³/mol. The first-order chi connectivity index (χ1) is 13.1. The van der Waals surface area contributed by atoms with Gasteiger partial charge < -0.3 is 25.1 Å². The molecule has 1 aromatic heterocycles. The van der Waals surface area contributed by atoms with Crippen molar-refractivity contribution in [1.29, 1.82) is 0 Å². The molecule has 3 aromatic rings. The summed E-state index contributed by atoms with van der Waals surface area (Å²) in [6.45, 7) is 2.87. The molecule has 3 rings (SSSR count). The molecule has 6 nitrogen and oxygen atoms in total. The summed E-state index contributed by atoms with van der Waals surface area (Å²) < 4.78 is 10.6. The molecule has 0 spiro atoms. The number of rotatable bonds is 6. The number of hydrogen-bond acceptors (Lipinski definition) is 3. The molecule has 0 saturated carbocycles. The van der Waals surface area contributed by atoms with Crippen LogP contribution in [0.5, 0.6) is 11.5 Å². The van der Waals surface area contributed by atoms with E-state index in [2.05, 4.69) is 51.9 Å². The summed E-state index contributed by atoms with van der Waals surface area (Å²) in [6, 6.07) is 12.2. The third-order valence-corrected chi connectivity index (χ3v) is 4.48. The number of anilines is 1. The average molecular weight is 366 g/mol. The number of nitrogens with one attached hydrogen (secondary N) is 3.